The minimum Gasteiger partial charge on any atom is -0.455 e. The van der Waals surface area contributed by atoms with Gasteiger partial charge in [-0.25, -0.2) is 18.2 Å². The number of carbonyl (C=O) groups excluding carboxylic acids is 2. The van der Waals surface area contributed by atoms with Gasteiger partial charge in [-0.3, -0.25) is 14.8 Å². The van der Waals surface area contributed by atoms with Crippen LogP contribution >= 0.6 is 0 Å². The van der Waals surface area contributed by atoms with Crippen molar-refractivity contribution in [2.45, 2.75) is 0 Å². The summed E-state index contributed by atoms with van der Waals surface area (Å²) in [5.74, 6) is 0.542. The molecule has 1 saturated heterocycles. The third-order valence-electron chi connectivity index (χ3n) is 3.20. The monoisotopic (exact) mass is 362 g/mol. The number of urea groups is 1. The average Bonchev–Trinajstić information content (AvgIpc) is 3.11. The maximum atomic E-state index is 11.4. The molecule has 0 aliphatic carbocycles. The number of amides is 3. The van der Waals surface area contributed by atoms with Crippen molar-refractivity contribution in [1.82, 2.24) is 10.3 Å². The van der Waals surface area contributed by atoms with Gasteiger partial charge in [0.1, 0.15) is 18.1 Å². The molecule has 1 aromatic heterocycles. The first-order chi connectivity index (χ1) is 11.8. The first-order valence-electron chi connectivity index (χ1n) is 7.13. The van der Waals surface area contributed by atoms with Gasteiger partial charge in [-0.2, -0.15) is 5.10 Å². The summed E-state index contributed by atoms with van der Waals surface area (Å²) < 4.78 is 30.3. The summed E-state index contributed by atoms with van der Waals surface area (Å²) in [5, 5.41) is 7.00. The third-order valence-corrected chi connectivity index (χ3v) is 3.80. The van der Waals surface area contributed by atoms with E-state index in [4.69, 9.17) is 4.42 Å². The highest BCUT2D eigenvalue weighted by molar-refractivity contribution is 7.92. The zero-order chi connectivity index (χ0) is 18.0. The normalized spacial score (nSPS) is 15.0. The van der Waals surface area contributed by atoms with Crippen LogP contribution in [0.2, 0.25) is 0 Å². The van der Waals surface area contributed by atoms with Crippen molar-refractivity contribution in [3.63, 3.8) is 0 Å². The van der Waals surface area contributed by atoms with Crippen molar-refractivity contribution in [3.05, 3.63) is 42.2 Å². The molecule has 0 saturated carbocycles. The molecule has 0 bridgehead atoms. The van der Waals surface area contributed by atoms with Crippen molar-refractivity contribution < 1.29 is 22.4 Å². The molecular weight excluding hydrogens is 348 g/mol. The van der Waals surface area contributed by atoms with E-state index in [-0.39, 0.29) is 6.54 Å². The molecule has 2 heterocycles. The number of imide groups is 1. The van der Waals surface area contributed by atoms with Crippen LogP contribution in [0.3, 0.4) is 0 Å². The average molecular weight is 362 g/mol. The smallest absolute Gasteiger partial charge is 0.344 e. The second-order valence-electron chi connectivity index (χ2n) is 5.31. The molecule has 2 aromatic rings. The van der Waals surface area contributed by atoms with Crippen LogP contribution in [0.25, 0.3) is 11.3 Å². The Hall–Kier alpha value is -3.14. The number of nitrogens with zero attached hydrogens (tertiary/aromatic N) is 2. The van der Waals surface area contributed by atoms with Crippen LogP contribution < -0.4 is 10.0 Å². The molecular formula is C15H14N4O5S. The maximum absolute atomic E-state index is 11.4. The fraction of sp³-hybridized carbons (Fsp3) is 0.133. The summed E-state index contributed by atoms with van der Waals surface area (Å²) in [6.07, 6.45) is 2.41. The Morgan fingerprint density at radius 3 is 2.52 bits per heavy atom. The molecule has 0 spiro atoms. The summed E-state index contributed by atoms with van der Waals surface area (Å²) >= 11 is 0. The molecule has 1 aliphatic heterocycles. The molecule has 2 N–H and O–H groups in total. The lowest BCUT2D eigenvalue weighted by molar-refractivity contribution is -0.118. The number of nitrogens with one attached hydrogen (secondary N) is 2. The quantitative estimate of drug-likeness (QED) is 0.611. The Balaban J connectivity index is 1.71. The molecule has 3 rings (SSSR count). The van der Waals surface area contributed by atoms with E-state index in [9.17, 15) is 18.0 Å². The van der Waals surface area contributed by atoms with Crippen LogP contribution in [0, 0.1) is 0 Å². The van der Waals surface area contributed by atoms with Crippen molar-refractivity contribution in [1.29, 1.82) is 0 Å². The van der Waals surface area contributed by atoms with Crippen molar-refractivity contribution in [3.8, 4) is 11.3 Å². The predicted molar refractivity (Wildman–Crippen MR) is 90.4 cm³/mol. The van der Waals surface area contributed by atoms with Gasteiger partial charge in [0, 0.05) is 11.3 Å². The standard InChI is InChI=1S/C15H14N4O5S/c1-25(22,23)18-11-4-2-10(3-5-11)13-7-6-12(24-13)8-16-19-9-14(20)17-15(19)21/h2-8,18H,9H2,1H3,(H,17,20,21)/b16-8+. The number of carbonyl (C=O) groups is 2. The number of sulfonamides is 1. The van der Waals surface area contributed by atoms with E-state index in [0.717, 1.165) is 16.8 Å². The van der Waals surface area contributed by atoms with Gasteiger partial charge in [-0.1, -0.05) is 0 Å². The lowest BCUT2D eigenvalue weighted by atomic mass is 10.1. The minimum absolute atomic E-state index is 0.127. The number of rotatable bonds is 5. The number of furan rings is 1. The topological polar surface area (TPSA) is 121 Å². The highest BCUT2D eigenvalue weighted by Gasteiger charge is 2.26. The van der Waals surface area contributed by atoms with Crippen LogP contribution in [0.1, 0.15) is 5.76 Å². The molecule has 130 valence electrons. The number of hydrogen-bond donors (Lipinski definition) is 2. The van der Waals surface area contributed by atoms with Gasteiger partial charge >= 0.3 is 6.03 Å². The lowest BCUT2D eigenvalue weighted by Gasteiger charge is -2.04. The summed E-state index contributed by atoms with van der Waals surface area (Å²) in [6, 6.07) is 9.45. The lowest BCUT2D eigenvalue weighted by Crippen LogP contribution is -2.24. The fourth-order valence-electron chi connectivity index (χ4n) is 2.14. The van der Waals surface area contributed by atoms with E-state index in [2.05, 4.69) is 15.1 Å². The van der Waals surface area contributed by atoms with E-state index < -0.39 is 22.0 Å². The van der Waals surface area contributed by atoms with E-state index >= 15 is 0 Å². The van der Waals surface area contributed by atoms with E-state index in [1.807, 2.05) is 0 Å². The van der Waals surface area contributed by atoms with Crippen molar-refractivity contribution in [2.24, 2.45) is 5.10 Å². The van der Waals surface area contributed by atoms with Gasteiger partial charge in [0.15, 0.2) is 0 Å². The number of anilines is 1. The van der Waals surface area contributed by atoms with Crippen LogP contribution in [0.15, 0.2) is 45.9 Å². The van der Waals surface area contributed by atoms with Crippen LogP contribution in [0.5, 0.6) is 0 Å². The minimum atomic E-state index is -3.33. The Labute approximate surface area is 143 Å². The van der Waals surface area contributed by atoms with Crippen LogP contribution in [0.4, 0.5) is 10.5 Å². The molecule has 25 heavy (non-hydrogen) atoms. The molecule has 1 aliphatic rings. The molecule has 0 atom stereocenters. The van der Waals surface area contributed by atoms with E-state index in [1.165, 1.54) is 6.21 Å². The van der Waals surface area contributed by atoms with Gasteiger partial charge in [-0.05, 0) is 36.4 Å². The largest absolute Gasteiger partial charge is 0.455 e. The second-order valence-corrected chi connectivity index (χ2v) is 7.06. The second kappa shape index (κ2) is 6.40. The Morgan fingerprint density at radius 1 is 1.20 bits per heavy atom. The van der Waals surface area contributed by atoms with Gasteiger partial charge in [0.25, 0.3) is 0 Å². The summed E-state index contributed by atoms with van der Waals surface area (Å²) in [6.45, 7) is -0.127. The molecule has 1 aromatic carbocycles. The van der Waals surface area contributed by atoms with E-state index in [0.29, 0.717) is 17.2 Å². The predicted octanol–water partition coefficient (Wildman–Crippen LogP) is 1.20. The Morgan fingerprint density at radius 2 is 1.92 bits per heavy atom. The van der Waals surface area contributed by atoms with Crippen LogP contribution in [-0.2, 0) is 14.8 Å². The molecule has 10 heteroatoms. The molecule has 3 amide bonds. The number of hydrogen-bond acceptors (Lipinski definition) is 6. The third kappa shape index (κ3) is 4.23. The summed E-state index contributed by atoms with van der Waals surface area (Å²) in [4.78, 5) is 22.4. The van der Waals surface area contributed by atoms with Gasteiger partial charge in [0.2, 0.25) is 15.9 Å². The van der Waals surface area contributed by atoms with Gasteiger partial charge in [0.05, 0.1) is 12.5 Å². The number of hydrazone groups is 1. The fourth-order valence-corrected chi connectivity index (χ4v) is 2.71. The number of benzene rings is 1. The zero-order valence-corrected chi connectivity index (χ0v) is 13.9. The zero-order valence-electron chi connectivity index (χ0n) is 13.1. The van der Waals surface area contributed by atoms with Crippen LogP contribution in [-0.4, -0.2) is 44.4 Å². The highest BCUT2D eigenvalue weighted by atomic mass is 32.2. The first-order valence-corrected chi connectivity index (χ1v) is 9.03. The Kier molecular flexibility index (Phi) is 4.28. The van der Waals surface area contributed by atoms with Gasteiger partial charge < -0.3 is 4.42 Å². The highest BCUT2D eigenvalue weighted by Crippen LogP contribution is 2.23. The van der Waals surface area contributed by atoms with Crippen molar-refractivity contribution >= 4 is 33.9 Å². The Bertz CT molecular complexity index is 947. The van der Waals surface area contributed by atoms with Crippen molar-refractivity contribution in [2.75, 3.05) is 17.5 Å². The SMILES string of the molecule is CS(=O)(=O)Nc1ccc(-c2ccc(/C=N/N3CC(=O)NC3=O)o2)cc1. The summed E-state index contributed by atoms with van der Waals surface area (Å²) in [7, 11) is -3.33. The van der Waals surface area contributed by atoms with E-state index in [1.54, 1.807) is 36.4 Å². The van der Waals surface area contributed by atoms with Gasteiger partial charge in [-0.15, -0.1) is 0 Å². The first kappa shape index (κ1) is 16.7. The molecule has 1 fully saturated rings. The molecule has 9 nitrogen and oxygen atoms in total. The molecule has 0 unspecified atom stereocenters. The summed E-state index contributed by atoms with van der Waals surface area (Å²) in [5.41, 5.74) is 1.19. The maximum Gasteiger partial charge on any atom is 0.344 e. The molecule has 0 radical (unpaired) electrons.